The smallest absolute Gasteiger partial charge is 0.0681 e. The van der Waals surface area contributed by atoms with Gasteiger partial charge in [-0.05, 0) is 35.2 Å². The number of aliphatic hydroxyl groups excluding tert-OH is 1. The van der Waals surface area contributed by atoms with Crippen LogP contribution in [0.5, 0.6) is 0 Å². The normalized spacial score (nSPS) is 12.3. The molecular weight excluding hydrogens is 314 g/mol. The highest BCUT2D eigenvalue weighted by Gasteiger charge is 2.08. The fraction of sp³-hybridized carbons (Fsp3) is 0.294. The lowest BCUT2D eigenvalue weighted by atomic mass is 10.0. The summed E-state index contributed by atoms with van der Waals surface area (Å²) in [6, 6.07) is 16.8. The second-order valence-electron chi connectivity index (χ2n) is 4.87. The molecule has 0 radical (unpaired) electrons. The summed E-state index contributed by atoms with van der Waals surface area (Å²) < 4.78 is 1.11. The number of aliphatic hydroxyl groups is 1. The Balaban J connectivity index is 1.99. The van der Waals surface area contributed by atoms with Crippen LogP contribution in [0.2, 0.25) is 0 Å². The Hall–Kier alpha value is -1.16. The molecule has 2 rings (SSSR count). The summed E-state index contributed by atoms with van der Waals surface area (Å²) in [5, 5.41) is 12.6. The highest BCUT2D eigenvalue weighted by atomic mass is 79.9. The van der Waals surface area contributed by atoms with Crippen molar-refractivity contribution in [3.8, 4) is 0 Å². The number of hydrogen-bond acceptors (Lipinski definition) is 2. The van der Waals surface area contributed by atoms with E-state index in [-0.39, 0.29) is 6.61 Å². The third-order valence-corrected chi connectivity index (χ3v) is 3.91. The molecular formula is C17H20BrNO. The standard InChI is InChI=1S/C17H20BrNO/c1-2-17(15-4-3-5-16(18)10-15)19-11-13-6-8-14(12-20)9-7-13/h3-10,17,19-20H,2,11-12H2,1H3. The number of benzene rings is 2. The molecule has 0 aromatic heterocycles. The van der Waals surface area contributed by atoms with E-state index in [9.17, 15) is 0 Å². The molecule has 2 N–H and O–H groups in total. The second-order valence-corrected chi connectivity index (χ2v) is 5.79. The van der Waals surface area contributed by atoms with Crippen molar-refractivity contribution >= 4 is 15.9 Å². The van der Waals surface area contributed by atoms with Gasteiger partial charge in [-0.3, -0.25) is 0 Å². The summed E-state index contributed by atoms with van der Waals surface area (Å²) in [6.45, 7) is 3.12. The minimum Gasteiger partial charge on any atom is -0.392 e. The van der Waals surface area contributed by atoms with E-state index in [1.807, 2.05) is 18.2 Å². The van der Waals surface area contributed by atoms with Gasteiger partial charge in [-0.25, -0.2) is 0 Å². The first kappa shape index (κ1) is 15.2. The quantitative estimate of drug-likeness (QED) is 0.830. The van der Waals surface area contributed by atoms with Crippen molar-refractivity contribution in [3.05, 3.63) is 69.7 Å². The van der Waals surface area contributed by atoms with Crippen LogP contribution >= 0.6 is 15.9 Å². The minimum absolute atomic E-state index is 0.101. The van der Waals surface area contributed by atoms with Crippen LogP contribution in [0.4, 0.5) is 0 Å². The fourth-order valence-corrected chi connectivity index (χ4v) is 2.64. The first-order valence-corrected chi connectivity index (χ1v) is 7.69. The Morgan fingerprint density at radius 3 is 2.40 bits per heavy atom. The zero-order valence-corrected chi connectivity index (χ0v) is 13.2. The highest BCUT2D eigenvalue weighted by molar-refractivity contribution is 9.10. The van der Waals surface area contributed by atoms with Crippen LogP contribution in [0, 0.1) is 0 Å². The third kappa shape index (κ3) is 4.17. The van der Waals surface area contributed by atoms with Crippen LogP contribution in [0.15, 0.2) is 53.0 Å². The van der Waals surface area contributed by atoms with Gasteiger partial charge in [0, 0.05) is 17.1 Å². The topological polar surface area (TPSA) is 32.3 Å². The van der Waals surface area contributed by atoms with Gasteiger partial charge in [0.15, 0.2) is 0 Å². The predicted octanol–water partition coefficient (Wildman–Crippen LogP) is 4.18. The van der Waals surface area contributed by atoms with Crippen molar-refractivity contribution in [2.75, 3.05) is 0 Å². The van der Waals surface area contributed by atoms with E-state index >= 15 is 0 Å². The van der Waals surface area contributed by atoms with Crippen molar-refractivity contribution in [3.63, 3.8) is 0 Å². The fourth-order valence-electron chi connectivity index (χ4n) is 2.22. The van der Waals surface area contributed by atoms with E-state index in [1.54, 1.807) is 0 Å². The zero-order valence-electron chi connectivity index (χ0n) is 11.6. The molecule has 0 saturated carbocycles. The van der Waals surface area contributed by atoms with Gasteiger partial charge in [0.05, 0.1) is 6.61 Å². The summed E-state index contributed by atoms with van der Waals surface area (Å²) in [6.07, 6.45) is 1.05. The molecule has 2 aromatic carbocycles. The van der Waals surface area contributed by atoms with Gasteiger partial charge in [-0.1, -0.05) is 59.3 Å². The summed E-state index contributed by atoms with van der Waals surface area (Å²) in [4.78, 5) is 0. The van der Waals surface area contributed by atoms with Crippen LogP contribution < -0.4 is 5.32 Å². The van der Waals surface area contributed by atoms with Crippen LogP contribution in [-0.2, 0) is 13.2 Å². The maximum atomic E-state index is 9.04. The lowest BCUT2D eigenvalue weighted by molar-refractivity contribution is 0.282. The molecule has 0 heterocycles. The Labute approximate surface area is 129 Å². The van der Waals surface area contributed by atoms with Crippen LogP contribution in [0.3, 0.4) is 0 Å². The average molecular weight is 334 g/mol. The minimum atomic E-state index is 0.101. The Morgan fingerprint density at radius 1 is 1.10 bits per heavy atom. The third-order valence-electron chi connectivity index (χ3n) is 3.42. The van der Waals surface area contributed by atoms with Gasteiger partial charge in [-0.15, -0.1) is 0 Å². The predicted molar refractivity (Wildman–Crippen MR) is 86.4 cm³/mol. The van der Waals surface area contributed by atoms with Gasteiger partial charge >= 0.3 is 0 Å². The molecule has 0 saturated heterocycles. The van der Waals surface area contributed by atoms with E-state index < -0.39 is 0 Å². The van der Waals surface area contributed by atoms with Crippen LogP contribution in [-0.4, -0.2) is 5.11 Å². The van der Waals surface area contributed by atoms with E-state index in [2.05, 4.69) is 58.5 Å². The van der Waals surface area contributed by atoms with Gasteiger partial charge in [0.1, 0.15) is 0 Å². The average Bonchev–Trinajstić information content (AvgIpc) is 2.48. The SMILES string of the molecule is CCC(NCc1ccc(CO)cc1)c1cccc(Br)c1. The monoisotopic (exact) mass is 333 g/mol. The summed E-state index contributed by atoms with van der Waals surface area (Å²) in [7, 11) is 0. The summed E-state index contributed by atoms with van der Waals surface area (Å²) >= 11 is 3.52. The van der Waals surface area contributed by atoms with Crippen LogP contribution in [0.1, 0.15) is 36.1 Å². The van der Waals surface area contributed by atoms with Crippen molar-refractivity contribution in [1.29, 1.82) is 0 Å². The molecule has 3 heteroatoms. The molecule has 0 bridgehead atoms. The molecule has 0 aliphatic carbocycles. The number of nitrogens with one attached hydrogen (secondary N) is 1. The van der Waals surface area contributed by atoms with Crippen molar-refractivity contribution in [2.24, 2.45) is 0 Å². The Bertz CT molecular complexity index is 539. The Kier molecular flexibility index (Phi) is 5.77. The Morgan fingerprint density at radius 2 is 1.80 bits per heavy atom. The molecule has 0 spiro atoms. The van der Waals surface area contributed by atoms with Gasteiger partial charge < -0.3 is 10.4 Å². The van der Waals surface area contributed by atoms with E-state index in [0.29, 0.717) is 6.04 Å². The molecule has 0 aliphatic rings. The first-order chi connectivity index (χ1) is 9.72. The van der Waals surface area contributed by atoms with Crippen molar-refractivity contribution < 1.29 is 5.11 Å². The van der Waals surface area contributed by atoms with E-state index in [1.165, 1.54) is 11.1 Å². The molecule has 20 heavy (non-hydrogen) atoms. The molecule has 0 amide bonds. The van der Waals surface area contributed by atoms with E-state index in [4.69, 9.17) is 5.11 Å². The molecule has 0 fully saturated rings. The van der Waals surface area contributed by atoms with E-state index in [0.717, 1.165) is 23.0 Å². The molecule has 1 atom stereocenters. The molecule has 106 valence electrons. The number of halogens is 1. The number of hydrogen-bond donors (Lipinski definition) is 2. The van der Waals surface area contributed by atoms with Crippen molar-refractivity contribution in [2.45, 2.75) is 32.5 Å². The molecule has 2 nitrogen and oxygen atoms in total. The second kappa shape index (κ2) is 7.58. The van der Waals surface area contributed by atoms with Gasteiger partial charge in [-0.2, -0.15) is 0 Å². The highest BCUT2D eigenvalue weighted by Crippen LogP contribution is 2.21. The number of rotatable bonds is 6. The van der Waals surface area contributed by atoms with Crippen molar-refractivity contribution in [1.82, 2.24) is 5.32 Å². The van der Waals surface area contributed by atoms with Crippen LogP contribution in [0.25, 0.3) is 0 Å². The summed E-state index contributed by atoms with van der Waals surface area (Å²) in [5.41, 5.74) is 3.48. The summed E-state index contributed by atoms with van der Waals surface area (Å²) in [5.74, 6) is 0. The lowest BCUT2D eigenvalue weighted by Gasteiger charge is -2.18. The van der Waals surface area contributed by atoms with Gasteiger partial charge in [0.2, 0.25) is 0 Å². The maximum absolute atomic E-state index is 9.04. The van der Waals surface area contributed by atoms with Gasteiger partial charge in [0.25, 0.3) is 0 Å². The molecule has 0 aliphatic heterocycles. The lowest BCUT2D eigenvalue weighted by Crippen LogP contribution is -2.20. The maximum Gasteiger partial charge on any atom is 0.0681 e. The largest absolute Gasteiger partial charge is 0.392 e. The molecule has 1 unspecified atom stereocenters. The molecule has 2 aromatic rings. The first-order valence-electron chi connectivity index (χ1n) is 6.90. The zero-order chi connectivity index (χ0) is 14.4.